The van der Waals surface area contributed by atoms with Crippen LogP contribution < -0.4 is 10.6 Å². The van der Waals surface area contributed by atoms with Crippen LogP contribution in [0.15, 0.2) is 29.3 Å². The van der Waals surface area contributed by atoms with Crippen LogP contribution in [0.4, 0.5) is 13.2 Å². The zero-order valence-electron chi connectivity index (χ0n) is 15.0. The molecule has 1 atom stereocenters. The van der Waals surface area contributed by atoms with Crippen LogP contribution in [0.3, 0.4) is 0 Å². The van der Waals surface area contributed by atoms with Crippen molar-refractivity contribution in [3.63, 3.8) is 0 Å². The van der Waals surface area contributed by atoms with Gasteiger partial charge in [-0.2, -0.15) is 13.2 Å². The lowest BCUT2D eigenvalue weighted by Gasteiger charge is -2.21. The molecule has 1 aromatic rings. The molecular formula is C17H24F3N3O2. The molecule has 140 valence electrons. The maximum atomic E-state index is 12.8. The number of nitrogens with one attached hydrogen (secondary N) is 2. The quantitative estimate of drug-likeness (QED) is 0.492. The summed E-state index contributed by atoms with van der Waals surface area (Å²) in [4.78, 5) is 15.7. The van der Waals surface area contributed by atoms with Gasteiger partial charge in [-0.3, -0.25) is 9.79 Å². The lowest BCUT2D eigenvalue weighted by atomic mass is 10.1. The Hall–Kier alpha value is -2.25. The molecule has 0 aliphatic rings. The fourth-order valence-corrected chi connectivity index (χ4v) is 2.00. The Morgan fingerprint density at radius 2 is 1.92 bits per heavy atom. The number of rotatable bonds is 4. The summed E-state index contributed by atoms with van der Waals surface area (Å²) in [6.45, 7) is 6.87. The van der Waals surface area contributed by atoms with E-state index < -0.39 is 29.4 Å². The van der Waals surface area contributed by atoms with Gasteiger partial charge in [-0.05, 0) is 45.4 Å². The standard InChI is InChI=1S/C17H24F3N3O2/c1-11(12-7-6-8-13(9-12)17(18,19)20)23-15(21-5)22-10-14(24)25-16(2,3)4/h6-9,11H,10H2,1-5H3,(H2,21,22,23). The molecule has 25 heavy (non-hydrogen) atoms. The Balaban J connectivity index is 2.68. The number of ether oxygens (including phenoxy) is 1. The molecule has 0 fully saturated rings. The normalized spacial score (nSPS) is 14.0. The van der Waals surface area contributed by atoms with Crippen LogP contribution in [0.5, 0.6) is 0 Å². The number of halogens is 3. The maximum absolute atomic E-state index is 12.8. The fraction of sp³-hybridized carbons (Fsp3) is 0.529. The molecule has 2 N–H and O–H groups in total. The molecule has 0 aliphatic heterocycles. The highest BCUT2D eigenvalue weighted by atomic mass is 19.4. The topological polar surface area (TPSA) is 62.7 Å². The van der Waals surface area contributed by atoms with Gasteiger partial charge in [0.2, 0.25) is 0 Å². The average Bonchev–Trinajstić information content (AvgIpc) is 2.48. The fourth-order valence-electron chi connectivity index (χ4n) is 2.00. The highest BCUT2D eigenvalue weighted by Crippen LogP contribution is 2.30. The number of benzene rings is 1. The number of carbonyl (C=O) groups is 1. The van der Waals surface area contributed by atoms with E-state index in [4.69, 9.17) is 4.74 Å². The molecule has 0 amide bonds. The molecule has 0 aliphatic carbocycles. The third-order valence-electron chi connectivity index (χ3n) is 3.11. The van der Waals surface area contributed by atoms with Crippen molar-refractivity contribution in [1.82, 2.24) is 10.6 Å². The Morgan fingerprint density at radius 1 is 1.28 bits per heavy atom. The first-order chi connectivity index (χ1) is 11.4. The number of esters is 1. The number of carbonyl (C=O) groups excluding carboxylic acids is 1. The molecule has 1 rings (SSSR count). The van der Waals surface area contributed by atoms with E-state index in [0.29, 0.717) is 5.56 Å². The summed E-state index contributed by atoms with van der Waals surface area (Å²) in [5.74, 6) is -0.169. The summed E-state index contributed by atoms with van der Waals surface area (Å²) < 4.78 is 43.6. The second-order valence-electron chi connectivity index (χ2n) is 6.50. The maximum Gasteiger partial charge on any atom is 0.416 e. The lowest BCUT2D eigenvalue weighted by molar-refractivity contribution is -0.153. The minimum atomic E-state index is -4.40. The van der Waals surface area contributed by atoms with Crippen molar-refractivity contribution < 1.29 is 22.7 Å². The van der Waals surface area contributed by atoms with E-state index >= 15 is 0 Å². The highest BCUT2D eigenvalue weighted by molar-refractivity contribution is 5.84. The third-order valence-corrected chi connectivity index (χ3v) is 3.11. The summed E-state index contributed by atoms with van der Waals surface area (Å²) in [5, 5.41) is 5.72. The number of alkyl halides is 3. The van der Waals surface area contributed by atoms with Crippen LogP contribution in [-0.2, 0) is 15.7 Å². The van der Waals surface area contributed by atoms with E-state index in [-0.39, 0.29) is 12.5 Å². The van der Waals surface area contributed by atoms with Crippen LogP contribution in [0.25, 0.3) is 0 Å². The van der Waals surface area contributed by atoms with Gasteiger partial charge in [-0.15, -0.1) is 0 Å². The predicted octanol–water partition coefficient (Wildman–Crippen LogP) is 3.27. The van der Waals surface area contributed by atoms with E-state index in [1.807, 2.05) is 0 Å². The van der Waals surface area contributed by atoms with Gasteiger partial charge in [-0.25, -0.2) is 0 Å². The van der Waals surface area contributed by atoms with Crippen molar-refractivity contribution in [3.05, 3.63) is 35.4 Å². The highest BCUT2D eigenvalue weighted by Gasteiger charge is 2.30. The molecular weight excluding hydrogens is 335 g/mol. The van der Waals surface area contributed by atoms with Crippen LogP contribution in [0.2, 0.25) is 0 Å². The number of hydrogen-bond donors (Lipinski definition) is 2. The molecule has 0 spiro atoms. The van der Waals surface area contributed by atoms with E-state index in [9.17, 15) is 18.0 Å². The second-order valence-corrected chi connectivity index (χ2v) is 6.50. The predicted molar refractivity (Wildman–Crippen MR) is 90.2 cm³/mol. The summed E-state index contributed by atoms with van der Waals surface area (Å²) >= 11 is 0. The van der Waals surface area contributed by atoms with Crippen LogP contribution in [-0.4, -0.2) is 31.1 Å². The van der Waals surface area contributed by atoms with Gasteiger partial charge in [0.15, 0.2) is 5.96 Å². The Bertz CT molecular complexity index is 622. The molecule has 0 heterocycles. The number of guanidine groups is 1. The monoisotopic (exact) mass is 359 g/mol. The molecule has 1 aromatic carbocycles. The Labute approximate surface area is 145 Å². The van der Waals surface area contributed by atoms with Gasteiger partial charge in [0.25, 0.3) is 0 Å². The second kappa shape index (κ2) is 8.22. The van der Waals surface area contributed by atoms with Crippen molar-refractivity contribution in [2.45, 2.75) is 45.5 Å². The minimum Gasteiger partial charge on any atom is -0.459 e. The third kappa shape index (κ3) is 7.45. The Kier molecular flexibility index (Phi) is 6.84. The van der Waals surface area contributed by atoms with E-state index in [1.54, 1.807) is 33.8 Å². The van der Waals surface area contributed by atoms with Crippen molar-refractivity contribution in [2.75, 3.05) is 13.6 Å². The molecule has 0 saturated carbocycles. The Morgan fingerprint density at radius 3 is 2.44 bits per heavy atom. The molecule has 0 saturated heterocycles. The molecule has 5 nitrogen and oxygen atoms in total. The van der Waals surface area contributed by atoms with Crippen molar-refractivity contribution in [1.29, 1.82) is 0 Å². The first-order valence-electron chi connectivity index (χ1n) is 7.78. The summed E-state index contributed by atoms with van der Waals surface area (Å²) in [5.41, 5.74) is -0.855. The van der Waals surface area contributed by atoms with Crippen LogP contribution in [0, 0.1) is 0 Å². The van der Waals surface area contributed by atoms with Gasteiger partial charge in [-0.1, -0.05) is 12.1 Å². The lowest BCUT2D eigenvalue weighted by Crippen LogP contribution is -2.42. The SMILES string of the molecule is CN=C(NCC(=O)OC(C)(C)C)NC(C)c1cccc(C(F)(F)F)c1. The summed E-state index contributed by atoms with van der Waals surface area (Å²) in [7, 11) is 1.50. The average molecular weight is 359 g/mol. The molecule has 0 aromatic heterocycles. The van der Waals surface area contributed by atoms with Gasteiger partial charge in [0, 0.05) is 7.05 Å². The van der Waals surface area contributed by atoms with Gasteiger partial charge in [0.05, 0.1) is 11.6 Å². The number of hydrogen-bond acceptors (Lipinski definition) is 3. The summed E-state index contributed by atoms with van der Waals surface area (Å²) in [6, 6.07) is 4.61. The molecule has 8 heteroatoms. The molecule has 1 unspecified atom stereocenters. The van der Waals surface area contributed by atoms with E-state index in [0.717, 1.165) is 12.1 Å². The van der Waals surface area contributed by atoms with Crippen molar-refractivity contribution >= 4 is 11.9 Å². The smallest absolute Gasteiger partial charge is 0.416 e. The van der Waals surface area contributed by atoms with E-state index in [2.05, 4.69) is 15.6 Å². The first-order valence-corrected chi connectivity index (χ1v) is 7.78. The zero-order chi connectivity index (χ0) is 19.3. The minimum absolute atomic E-state index is 0.105. The van der Waals surface area contributed by atoms with Crippen molar-refractivity contribution in [3.8, 4) is 0 Å². The molecule has 0 bridgehead atoms. The zero-order valence-corrected chi connectivity index (χ0v) is 15.0. The van der Waals surface area contributed by atoms with Gasteiger partial charge < -0.3 is 15.4 Å². The van der Waals surface area contributed by atoms with Crippen molar-refractivity contribution in [2.24, 2.45) is 4.99 Å². The van der Waals surface area contributed by atoms with Crippen LogP contribution >= 0.6 is 0 Å². The van der Waals surface area contributed by atoms with Gasteiger partial charge in [0.1, 0.15) is 12.1 Å². The molecule has 0 radical (unpaired) electrons. The first kappa shape index (κ1) is 20.8. The number of aliphatic imine (C=N–C) groups is 1. The summed E-state index contributed by atoms with van der Waals surface area (Å²) in [6.07, 6.45) is -4.40. The van der Waals surface area contributed by atoms with Gasteiger partial charge >= 0.3 is 12.1 Å². The van der Waals surface area contributed by atoms with Crippen LogP contribution in [0.1, 0.15) is 44.9 Å². The largest absolute Gasteiger partial charge is 0.459 e. The van der Waals surface area contributed by atoms with E-state index in [1.165, 1.54) is 13.1 Å². The number of nitrogens with zero attached hydrogens (tertiary/aromatic N) is 1.